The fourth-order valence-electron chi connectivity index (χ4n) is 3.28. The van der Waals surface area contributed by atoms with E-state index >= 15 is 0 Å². The number of halogens is 1. The normalized spacial score (nSPS) is 10.9. The molecule has 6 nitrogen and oxygen atoms in total. The molecule has 1 heterocycles. The first-order valence-corrected chi connectivity index (χ1v) is 11.2. The Kier molecular flexibility index (Phi) is 7.84. The average molecular weight is 520 g/mol. The maximum atomic E-state index is 13.4. The van der Waals surface area contributed by atoms with Gasteiger partial charge in [-0.2, -0.15) is 0 Å². The van der Waals surface area contributed by atoms with E-state index in [9.17, 15) is 9.70 Å². The molecule has 0 aliphatic rings. The van der Waals surface area contributed by atoms with Crippen molar-refractivity contribution in [1.29, 1.82) is 0 Å². The van der Waals surface area contributed by atoms with E-state index in [4.69, 9.17) is 9.15 Å². The number of unbranched alkanes of at least 4 members (excludes halogenated alkanes) is 1. The maximum Gasteiger partial charge on any atom is 0.197 e. The van der Waals surface area contributed by atoms with E-state index in [-0.39, 0.29) is 5.78 Å². The van der Waals surface area contributed by atoms with Crippen molar-refractivity contribution in [3.8, 4) is 5.75 Å². The number of hydrogen-bond donors (Lipinski definition) is 0. The topological polar surface area (TPSA) is 72.1 Å². The summed E-state index contributed by atoms with van der Waals surface area (Å²) in [6.07, 6.45) is 2.74. The third kappa shape index (κ3) is 5.00. The van der Waals surface area contributed by atoms with Gasteiger partial charge in [-0.25, -0.2) is 0 Å². The monoisotopic (exact) mass is 520 g/mol. The highest BCUT2D eigenvalue weighted by molar-refractivity contribution is 14.1. The zero-order chi connectivity index (χ0) is 21.5. The minimum Gasteiger partial charge on any atom is -0.491 e. The largest absolute Gasteiger partial charge is 0.491 e. The Morgan fingerprint density at radius 3 is 2.70 bits per heavy atom. The summed E-state index contributed by atoms with van der Waals surface area (Å²) in [6, 6.07) is 13.1. The first-order valence-electron chi connectivity index (χ1n) is 10.1. The Balaban J connectivity index is 1.83. The Morgan fingerprint density at radius 2 is 2.00 bits per heavy atom. The van der Waals surface area contributed by atoms with E-state index in [1.807, 2.05) is 37.3 Å². The van der Waals surface area contributed by atoms with Crippen LogP contribution in [0.5, 0.6) is 5.75 Å². The van der Waals surface area contributed by atoms with Gasteiger partial charge in [0.25, 0.3) is 0 Å². The number of hydrogen-bond acceptors (Lipinski definition) is 5. The van der Waals surface area contributed by atoms with Crippen LogP contribution in [0.1, 0.15) is 48.4 Å². The molecule has 158 valence electrons. The van der Waals surface area contributed by atoms with Gasteiger partial charge in [-0.3, -0.25) is 9.80 Å². The molecule has 0 aliphatic carbocycles. The number of carbonyl (C=O) groups is 1. The number of carbonyl (C=O) groups excluding carboxylic acids is 1. The van der Waals surface area contributed by atoms with Crippen LogP contribution in [0.3, 0.4) is 0 Å². The van der Waals surface area contributed by atoms with Gasteiger partial charge < -0.3 is 9.15 Å². The molecule has 3 aromatic rings. The number of aryl methyl sites for hydroxylation is 1. The molecule has 0 bridgehead atoms. The van der Waals surface area contributed by atoms with Crippen molar-refractivity contribution >= 4 is 39.3 Å². The van der Waals surface area contributed by atoms with Crippen LogP contribution in [0.25, 0.3) is 11.0 Å². The molecule has 0 saturated carbocycles. The summed E-state index contributed by atoms with van der Waals surface area (Å²) in [6.45, 7) is 5.28. The van der Waals surface area contributed by atoms with Gasteiger partial charge in [0.05, 0.1) is 21.0 Å². The lowest BCUT2D eigenvalue weighted by atomic mass is 9.98. The fraction of sp³-hybridized carbons (Fsp3) is 0.348. The van der Waals surface area contributed by atoms with E-state index in [2.05, 4.69) is 34.8 Å². The highest BCUT2D eigenvalue weighted by atomic mass is 127. The second kappa shape index (κ2) is 10.6. The smallest absolute Gasteiger partial charge is 0.197 e. The number of likely N-dealkylation sites (N-methyl/N-ethyl adjacent to an activating group) is 1. The van der Waals surface area contributed by atoms with Crippen molar-refractivity contribution in [2.24, 2.45) is 5.29 Å². The molecule has 0 fully saturated rings. The summed E-state index contributed by atoms with van der Waals surface area (Å²) < 4.78 is 12.6. The minimum absolute atomic E-state index is 0.0437. The summed E-state index contributed by atoms with van der Waals surface area (Å²) in [5, 5.41) is 5.18. The van der Waals surface area contributed by atoms with Crippen LogP contribution in [0.2, 0.25) is 0 Å². The lowest BCUT2D eigenvalue weighted by molar-refractivity contribution is 0.103. The predicted octanol–water partition coefficient (Wildman–Crippen LogP) is 5.99. The molecule has 30 heavy (non-hydrogen) atoms. The molecule has 0 atom stereocenters. The highest BCUT2D eigenvalue weighted by Crippen LogP contribution is 2.31. The molecular formula is C23H25IN2O4. The number of nitrogens with zero attached hydrogens (tertiary/aromatic N) is 2. The van der Waals surface area contributed by atoms with E-state index in [0.29, 0.717) is 36.6 Å². The van der Waals surface area contributed by atoms with Crippen molar-refractivity contribution in [2.75, 3.05) is 19.7 Å². The Hall–Kier alpha value is -2.42. The Labute approximate surface area is 189 Å². The zero-order valence-corrected chi connectivity index (χ0v) is 19.3. The minimum atomic E-state index is -0.0437. The van der Waals surface area contributed by atoms with Crippen molar-refractivity contribution in [3.63, 3.8) is 0 Å². The van der Waals surface area contributed by atoms with E-state index in [0.717, 1.165) is 39.6 Å². The highest BCUT2D eigenvalue weighted by Gasteiger charge is 2.22. The summed E-state index contributed by atoms with van der Waals surface area (Å²) in [5.74, 6) is 1.38. The SMILES string of the molecule is CCCCc1oc2ccccc2c1C(=O)c1ccc(OCCN(CC)N=O)c(I)c1. The van der Waals surface area contributed by atoms with Gasteiger partial charge in [0, 0.05) is 23.9 Å². The number of rotatable bonds is 11. The number of fused-ring (bicyclic) bond motifs is 1. The molecule has 0 N–H and O–H groups in total. The average Bonchev–Trinajstić information content (AvgIpc) is 3.14. The second-order valence-electron chi connectivity index (χ2n) is 6.95. The second-order valence-corrected chi connectivity index (χ2v) is 8.11. The maximum absolute atomic E-state index is 13.4. The van der Waals surface area contributed by atoms with Crippen LogP contribution in [0.15, 0.2) is 52.2 Å². The van der Waals surface area contributed by atoms with Gasteiger partial charge in [-0.05, 0) is 60.2 Å². The van der Waals surface area contributed by atoms with Gasteiger partial charge in [0.15, 0.2) is 5.78 Å². The third-order valence-electron chi connectivity index (χ3n) is 4.93. The van der Waals surface area contributed by atoms with Crippen LogP contribution < -0.4 is 4.74 Å². The van der Waals surface area contributed by atoms with Gasteiger partial charge in [0.2, 0.25) is 0 Å². The lowest BCUT2D eigenvalue weighted by Crippen LogP contribution is -2.22. The van der Waals surface area contributed by atoms with Gasteiger partial charge >= 0.3 is 0 Å². The molecule has 0 spiro atoms. The standard InChI is InChI=1S/C23H25IN2O4/c1-3-5-9-21-22(17-8-6-7-10-19(17)30-21)23(27)16-11-12-20(18(24)15-16)29-14-13-26(4-2)25-28/h6-8,10-12,15H,3-5,9,13-14H2,1-2H3. The van der Waals surface area contributed by atoms with Crippen molar-refractivity contribution < 1.29 is 13.9 Å². The molecule has 0 aliphatic heterocycles. The summed E-state index contributed by atoms with van der Waals surface area (Å²) in [5.41, 5.74) is 1.99. The summed E-state index contributed by atoms with van der Waals surface area (Å²) in [4.78, 5) is 24.0. The summed E-state index contributed by atoms with van der Waals surface area (Å²) in [7, 11) is 0. The fourth-order valence-corrected chi connectivity index (χ4v) is 3.95. The summed E-state index contributed by atoms with van der Waals surface area (Å²) >= 11 is 2.16. The number of furan rings is 1. The Morgan fingerprint density at radius 1 is 1.20 bits per heavy atom. The first-order chi connectivity index (χ1) is 14.6. The number of nitroso groups, excluding NO2 is 1. The third-order valence-corrected chi connectivity index (χ3v) is 5.78. The van der Waals surface area contributed by atoms with Crippen LogP contribution >= 0.6 is 22.6 Å². The zero-order valence-electron chi connectivity index (χ0n) is 17.2. The van der Waals surface area contributed by atoms with Crippen LogP contribution in [-0.4, -0.2) is 30.5 Å². The van der Waals surface area contributed by atoms with Crippen LogP contribution in [0.4, 0.5) is 0 Å². The number of benzene rings is 2. The van der Waals surface area contributed by atoms with Gasteiger partial charge in [-0.1, -0.05) is 31.5 Å². The lowest BCUT2D eigenvalue weighted by Gasteiger charge is -2.14. The van der Waals surface area contributed by atoms with Crippen molar-refractivity contribution in [3.05, 3.63) is 67.8 Å². The van der Waals surface area contributed by atoms with Crippen molar-refractivity contribution in [1.82, 2.24) is 5.01 Å². The van der Waals surface area contributed by atoms with E-state index in [1.165, 1.54) is 5.01 Å². The van der Waals surface area contributed by atoms with Crippen molar-refractivity contribution in [2.45, 2.75) is 33.1 Å². The van der Waals surface area contributed by atoms with Gasteiger partial charge in [-0.15, -0.1) is 4.91 Å². The molecule has 7 heteroatoms. The Bertz CT molecular complexity index is 1030. The molecular weight excluding hydrogens is 495 g/mol. The molecule has 0 unspecified atom stereocenters. The quantitative estimate of drug-likeness (QED) is 0.134. The number of ether oxygens (including phenoxy) is 1. The van der Waals surface area contributed by atoms with E-state index in [1.54, 1.807) is 12.1 Å². The predicted molar refractivity (Wildman–Crippen MR) is 126 cm³/mol. The molecule has 2 aromatic carbocycles. The number of para-hydroxylation sites is 1. The van der Waals surface area contributed by atoms with E-state index < -0.39 is 0 Å². The van der Waals surface area contributed by atoms with Crippen LogP contribution in [-0.2, 0) is 6.42 Å². The van der Waals surface area contributed by atoms with Crippen LogP contribution in [0, 0.1) is 8.48 Å². The molecule has 0 saturated heterocycles. The molecule has 1 aromatic heterocycles. The molecule has 3 rings (SSSR count). The number of ketones is 1. The molecule has 0 amide bonds. The van der Waals surface area contributed by atoms with Gasteiger partial charge in [0.1, 0.15) is 23.7 Å². The molecule has 0 radical (unpaired) electrons. The first kappa shape index (κ1) is 22.3.